The minimum absolute atomic E-state index is 0.483. The molecule has 1 aliphatic heterocycles. The van der Waals surface area contributed by atoms with Gasteiger partial charge in [0.2, 0.25) is 0 Å². The number of rotatable bonds is 1. The van der Waals surface area contributed by atoms with E-state index in [4.69, 9.17) is 10.2 Å². The summed E-state index contributed by atoms with van der Waals surface area (Å²) in [5.74, 6) is -0.899. The van der Waals surface area contributed by atoms with E-state index in [1.807, 2.05) is 0 Å². The maximum absolute atomic E-state index is 10.7. The largest absolute Gasteiger partial charge is 0.455 e. The van der Waals surface area contributed by atoms with E-state index in [1.54, 1.807) is 0 Å². The Labute approximate surface area is 63.2 Å². The molecular weight excluding hydrogens is 152 g/mol. The highest BCUT2D eigenvalue weighted by Crippen LogP contribution is 2.25. The second kappa shape index (κ2) is 2.44. The van der Waals surface area contributed by atoms with Crippen molar-refractivity contribution in [1.82, 2.24) is 0 Å². The number of hydrogen-bond donors (Lipinski definition) is 3. The molecule has 0 amide bonds. The molecule has 0 aromatic heterocycles. The van der Waals surface area contributed by atoms with Gasteiger partial charge in [0.15, 0.2) is 11.7 Å². The summed E-state index contributed by atoms with van der Waals surface area (Å²) >= 11 is 0. The Balaban J connectivity index is 2.80. The van der Waals surface area contributed by atoms with Gasteiger partial charge >= 0.3 is 5.97 Å². The average Bonchev–Trinajstić information content (AvgIpc) is 2.14. The van der Waals surface area contributed by atoms with E-state index in [-0.39, 0.29) is 0 Å². The smallest absolute Gasteiger partial charge is 0.341 e. The van der Waals surface area contributed by atoms with Crippen LogP contribution in [0.5, 0.6) is 0 Å². The fourth-order valence-electron chi connectivity index (χ4n) is 0.941. The lowest BCUT2D eigenvalue weighted by Crippen LogP contribution is -2.43. The summed E-state index contributed by atoms with van der Waals surface area (Å²) in [6, 6.07) is 0. The molecule has 1 saturated heterocycles. The number of cyclic esters (lactones) is 1. The summed E-state index contributed by atoms with van der Waals surface area (Å²) in [5, 5.41) is 26.9. The van der Waals surface area contributed by atoms with E-state index in [0.29, 0.717) is 0 Å². The first-order valence-corrected chi connectivity index (χ1v) is 3.22. The van der Waals surface area contributed by atoms with Crippen LogP contribution in [0.15, 0.2) is 0 Å². The summed E-state index contributed by atoms with van der Waals surface area (Å²) < 4.78 is 4.45. The summed E-state index contributed by atoms with van der Waals surface area (Å²) in [6.45, 7) is 0.665. The van der Waals surface area contributed by atoms with E-state index < -0.39 is 30.4 Å². The van der Waals surface area contributed by atoms with Crippen molar-refractivity contribution >= 4 is 5.97 Å². The zero-order valence-electron chi connectivity index (χ0n) is 6.02. The van der Waals surface area contributed by atoms with Crippen molar-refractivity contribution in [3.63, 3.8) is 0 Å². The highest BCUT2D eigenvalue weighted by atomic mass is 16.6. The Kier molecular flexibility index (Phi) is 1.87. The van der Waals surface area contributed by atoms with Crippen LogP contribution in [0.2, 0.25) is 0 Å². The first kappa shape index (κ1) is 8.45. The molecule has 1 unspecified atom stereocenters. The van der Waals surface area contributed by atoms with Crippen molar-refractivity contribution < 1.29 is 24.9 Å². The second-order valence-corrected chi connectivity index (χ2v) is 2.72. The highest BCUT2D eigenvalue weighted by Gasteiger charge is 2.52. The number of hydrogen-bond acceptors (Lipinski definition) is 5. The van der Waals surface area contributed by atoms with E-state index in [1.165, 1.54) is 0 Å². The van der Waals surface area contributed by atoms with Crippen LogP contribution in [0.4, 0.5) is 0 Å². The summed E-state index contributed by atoms with van der Waals surface area (Å²) in [7, 11) is 0. The van der Waals surface area contributed by atoms with Crippen molar-refractivity contribution in [2.45, 2.75) is 24.7 Å². The zero-order valence-corrected chi connectivity index (χ0v) is 6.02. The molecule has 1 aliphatic rings. The predicted octanol–water partition coefficient (Wildman–Crippen LogP) is -1.98. The molecule has 3 atom stereocenters. The van der Waals surface area contributed by atoms with Crippen LogP contribution in [0.1, 0.15) is 6.92 Å². The topological polar surface area (TPSA) is 87.0 Å². The summed E-state index contributed by atoms with van der Waals surface area (Å²) in [6.07, 6.45) is -2.35. The molecule has 1 fully saturated rings. The third-order valence-electron chi connectivity index (χ3n) is 1.78. The van der Waals surface area contributed by atoms with Gasteiger partial charge in [0, 0.05) is 0 Å². The van der Waals surface area contributed by atoms with E-state index >= 15 is 0 Å². The molecule has 0 spiro atoms. The van der Waals surface area contributed by atoms with Gasteiger partial charge in [0.1, 0.15) is 6.10 Å². The quantitative estimate of drug-likeness (QED) is 0.389. The molecular formula is C6H10O5. The third kappa shape index (κ3) is 1.11. The molecule has 5 nitrogen and oxygen atoms in total. The molecule has 1 heterocycles. The zero-order chi connectivity index (χ0) is 8.65. The lowest BCUT2D eigenvalue weighted by molar-refractivity contribution is -0.155. The highest BCUT2D eigenvalue weighted by molar-refractivity contribution is 5.82. The molecule has 0 aromatic carbocycles. The molecule has 1 rings (SSSR count). The van der Waals surface area contributed by atoms with Gasteiger partial charge in [-0.1, -0.05) is 0 Å². The van der Waals surface area contributed by atoms with Crippen LogP contribution in [0.3, 0.4) is 0 Å². The number of ether oxygens (including phenoxy) is 1. The van der Waals surface area contributed by atoms with Crippen LogP contribution in [-0.2, 0) is 9.53 Å². The molecule has 0 saturated carbocycles. The van der Waals surface area contributed by atoms with Gasteiger partial charge in [-0.15, -0.1) is 0 Å². The summed E-state index contributed by atoms with van der Waals surface area (Å²) in [5.41, 5.74) is -1.88. The second-order valence-electron chi connectivity index (χ2n) is 2.72. The first-order valence-electron chi connectivity index (χ1n) is 3.22. The maximum Gasteiger partial charge on any atom is 0.341 e. The van der Waals surface area contributed by atoms with Crippen molar-refractivity contribution in [3.05, 3.63) is 0 Å². The van der Waals surface area contributed by atoms with Gasteiger partial charge in [-0.25, -0.2) is 4.79 Å². The Hall–Kier alpha value is -0.650. The minimum Gasteiger partial charge on any atom is -0.455 e. The molecule has 5 heteroatoms. The van der Waals surface area contributed by atoms with E-state index in [9.17, 15) is 9.90 Å². The Bertz CT molecular complexity index is 176. The number of aliphatic hydroxyl groups is 3. The number of carbonyl (C=O) groups excluding carboxylic acids is 1. The monoisotopic (exact) mass is 162 g/mol. The average molecular weight is 162 g/mol. The molecule has 3 N–H and O–H groups in total. The standard InChI is InChI=1S/C6H10O5/c1-6(10)4(8)3(2-7)11-5(6)9/h3-4,7-8,10H,2H2,1H3/t3-,4+,6?/m0/s1. The van der Waals surface area contributed by atoms with Gasteiger partial charge in [-0.3, -0.25) is 0 Å². The van der Waals surface area contributed by atoms with Gasteiger partial charge in [-0.2, -0.15) is 0 Å². The minimum atomic E-state index is -1.88. The number of esters is 1. The number of aliphatic hydroxyl groups excluding tert-OH is 2. The Morgan fingerprint density at radius 1 is 1.73 bits per heavy atom. The fourth-order valence-corrected chi connectivity index (χ4v) is 0.941. The van der Waals surface area contributed by atoms with Crippen LogP contribution in [0.25, 0.3) is 0 Å². The van der Waals surface area contributed by atoms with Crippen LogP contribution >= 0.6 is 0 Å². The van der Waals surface area contributed by atoms with Gasteiger partial charge in [0.05, 0.1) is 6.61 Å². The molecule has 64 valence electrons. The van der Waals surface area contributed by atoms with Crippen LogP contribution < -0.4 is 0 Å². The SMILES string of the molecule is CC1(O)C(=O)O[C@@H](CO)[C@H]1O. The van der Waals surface area contributed by atoms with Crippen LogP contribution in [0, 0.1) is 0 Å². The first-order chi connectivity index (χ1) is 5.00. The Morgan fingerprint density at radius 2 is 2.27 bits per heavy atom. The summed E-state index contributed by atoms with van der Waals surface area (Å²) in [4.78, 5) is 10.7. The van der Waals surface area contributed by atoms with Crippen molar-refractivity contribution in [2.24, 2.45) is 0 Å². The van der Waals surface area contributed by atoms with Gasteiger partial charge in [0.25, 0.3) is 0 Å². The van der Waals surface area contributed by atoms with E-state index in [0.717, 1.165) is 6.92 Å². The maximum atomic E-state index is 10.7. The lowest BCUT2D eigenvalue weighted by atomic mass is 9.99. The van der Waals surface area contributed by atoms with Crippen molar-refractivity contribution in [2.75, 3.05) is 6.61 Å². The van der Waals surface area contributed by atoms with E-state index in [2.05, 4.69) is 4.74 Å². The van der Waals surface area contributed by atoms with Crippen molar-refractivity contribution in [1.29, 1.82) is 0 Å². The molecule has 0 aliphatic carbocycles. The number of carbonyl (C=O) groups is 1. The van der Waals surface area contributed by atoms with Crippen LogP contribution in [-0.4, -0.2) is 45.7 Å². The molecule has 0 radical (unpaired) electrons. The Morgan fingerprint density at radius 3 is 2.45 bits per heavy atom. The molecule has 11 heavy (non-hydrogen) atoms. The normalized spacial score (nSPS) is 44.2. The lowest BCUT2D eigenvalue weighted by Gasteiger charge is -2.16. The van der Waals surface area contributed by atoms with Gasteiger partial charge in [-0.05, 0) is 6.92 Å². The molecule has 0 aromatic rings. The predicted molar refractivity (Wildman–Crippen MR) is 33.6 cm³/mol. The van der Waals surface area contributed by atoms with Gasteiger partial charge < -0.3 is 20.1 Å². The third-order valence-corrected chi connectivity index (χ3v) is 1.78. The molecule has 0 bridgehead atoms. The fraction of sp³-hybridized carbons (Fsp3) is 0.833. The van der Waals surface area contributed by atoms with Crippen molar-refractivity contribution in [3.8, 4) is 0 Å².